The van der Waals surface area contributed by atoms with Crippen molar-refractivity contribution in [2.45, 2.75) is 38.5 Å². The third kappa shape index (κ3) is 4.21. The monoisotopic (exact) mass is 488 g/mol. The lowest BCUT2D eigenvalue weighted by Crippen LogP contribution is -2.31. The summed E-state index contributed by atoms with van der Waals surface area (Å²) >= 11 is 0. The normalized spacial score (nSPS) is 20.4. The number of rotatable bonds is 7. The average molecular weight is 489 g/mol. The van der Waals surface area contributed by atoms with Crippen LogP contribution in [0.15, 0.2) is 66.8 Å². The number of Topliss-reactive ketones (excluding diaryl/α,β-unsaturated/α-hetero) is 1. The summed E-state index contributed by atoms with van der Waals surface area (Å²) < 4.78 is 7.60. The zero-order valence-corrected chi connectivity index (χ0v) is 19.5. The molecule has 1 amide bonds. The molecule has 1 fully saturated rings. The first-order valence-corrected chi connectivity index (χ1v) is 11.6. The van der Waals surface area contributed by atoms with Gasteiger partial charge in [0.05, 0.1) is 22.9 Å². The lowest BCUT2D eigenvalue weighted by Gasteiger charge is -2.25. The van der Waals surface area contributed by atoms with Crippen LogP contribution in [0.2, 0.25) is 0 Å². The fourth-order valence-corrected chi connectivity index (χ4v) is 4.80. The Kier molecular flexibility index (Phi) is 6.01. The van der Waals surface area contributed by atoms with E-state index < -0.39 is 22.7 Å². The van der Waals surface area contributed by atoms with Crippen molar-refractivity contribution < 1.29 is 24.4 Å². The van der Waals surface area contributed by atoms with Gasteiger partial charge in [0.15, 0.2) is 0 Å². The van der Waals surface area contributed by atoms with E-state index in [0.29, 0.717) is 30.5 Å². The van der Waals surface area contributed by atoms with E-state index in [1.165, 1.54) is 29.2 Å². The number of imidazole rings is 1. The number of non-ortho nitro benzene ring substituents is 1. The van der Waals surface area contributed by atoms with E-state index in [1.54, 1.807) is 36.9 Å². The highest BCUT2D eigenvalue weighted by molar-refractivity contribution is 6.46. The summed E-state index contributed by atoms with van der Waals surface area (Å²) in [6.45, 7) is 2.78. The fraction of sp³-hybridized carbons (Fsp3) is 0.269. The first-order valence-electron chi connectivity index (χ1n) is 11.6. The topological polar surface area (TPSA) is 128 Å². The molecule has 3 aromatic rings. The average Bonchev–Trinajstić information content (AvgIpc) is 3.57. The second-order valence-electron chi connectivity index (χ2n) is 8.95. The zero-order valence-electron chi connectivity index (χ0n) is 19.5. The maximum atomic E-state index is 13.2. The number of aliphatic hydroxyl groups excluding tert-OH is 1. The molecule has 0 spiro atoms. The number of ether oxygens (including phenoxy) is 1. The SMILES string of the molecule is C[C@H]1Cc2cc(/C(O)=C3\C(=O)C(=O)N(CCCn4ccnc4)[C@@H]3c3ccc([N+](=O)[O-])cc3)ccc2O1. The Morgan fingerprint density at radius 3 is 2.67 bits per heavy atom. The van der Waals surface area contributed by atoms with Crippen LogP contribution in [0.4, 0.5) is 5.69 Å². The number of ketones is 1. The fourth-order valence-electron chi connectivity index (χ4n) is 4.80. The van der Waals surface area contributed by atoms with Gasteiger partial charge in [-0.2, -0.15) is 0 Å². The van der Waals surface area contributed by atoms with E-state index in [4.69, 9.17) is 4.74 Å². The molecule has 184 valence electrons. The number of hydrogen-bond acceptors (Lipinski definition) is 7. The molecule has 1 saturated heterocycles. The highest BCUT2D eigenvalue weighted by atomic mass is 16.6. The largest absolute Gasteiger partial charge is 0.507 e. The van der Waals surface area contributed by atoms with Crippen molar-refractivity contribution >= 4 is 23.1 Å². The van der Waals surface area contributed by atoms with E-state index in [9.17, 15) is 24.8 Å². The lowest BCUT2D eigenvalue weighted by atomic mass is 9.94. The molecule has 1 aromatic heterocycles. The van der Waals surface area contributed by atoms with Crippen molar-refractivity contribution in [2.24, 2.45) is 0 Å². The van der Waals surface area contributed by atoms with Crippen molar-refractivity contribution in [1.82, 2.24) is 14.5 Å². The van der Waals surface area contributed by atoms with Crippen molar-refractivity contribution in [3.63, 3.8) is 0 Å². The number of fused-ring (bicyclic) bond motifs is 1. The maximum Gasteiger partial charge on any atom is 0.295 e. The number of nitro benzene ring substituents is 1. The van der Waals surface area contributed by atoms with E-state index in [-0.39, 0.29) is 29.7 Å². The van der Waals surface area contributed by atoms with Crippen LogP contribution in [0, 0.1) is 10.1 Å². The van der Waals surface area contributed by atoms with Gasteiger partial charge in [0, 0.05) is 49.6 Å². The number of aromatic nitrogens is 2. The van der Waals surface area contributed by atoms with Crippen molar-refractivity contribution in [3.05, 3.63) is 93.6 Å². The van der Waals surface area contributed by atoms with Gasteiger partial charge in [0.25, 0.3) is 17.4 Å². The molecule has 10 heteroatoms. The summed E-state index contributed by atoms with van der Waals surface area (Å²) in [5, 5.41) is 22.4. The Labute approximate surface area is 206 Å². The standard InChI is InChI=1S/C26H24N4O6/c1-16-13-19-14-18(5-8-21(19)36-16)24(31)22-23(17-3-6-20(7-4-17)30(34)35)29(26(33)25(22)32)11-2-10-28-12-9-27-15-28/h3-9,12,14-16,23,31H,2,10-11,13H2,1H3/b24-22+/t16-,23+/m0/s1. The number of benzene rings is 2. The van der Waals surface area contributed by atoms with Gasteiger partial charge in [-0.25, -0.2) is 4.98 Å². The molecule has 2 aromatic carbocycles. The molecule has 0 radical (unpaired) electrons. The molecule has 5 rings (SSSR count). The van der Waals surface area contributed by atoms with Crippen LogP contribution < -0.4 is 4.74 Å². The number of nitrogens with zero attached hydrogens (tertiary/aromatic N) is 4. The molecule has 0 saturated carbocycles. The number of carbonyl (C=O) groups excluding carboxylic acids is 2. The predicted molar refractivity (Wildman–Crippen MR) is 129 cm³/mol. The summed E-state index contributed by atoms with van der Waals surface area (Å²) in [5.74, 6) is -1.06. The van der Waals surface area contributed by atoms with Crippen LogP contribution in [0.5, 0.6) is 5.75 Å². The number of aryl methyl sites for hydroxylation is 1. The predicted octanol–water partition coefficient (Wildman–Crippen LogP) is 3.63. The van der Waals surface area contributed by atoms with Gasteiger partial charge in [-0.1, -0.05) is 0 Å². The number of carbonyl (C=O) groups is 2. The van der Waals surface area contributed by atoms with Crippen LogP contribution in [0.25, 0.3) is 5.76 Å². The van der Waals surface area contributed by atoms with Gasteiger partial charge >= 0.3 is 0 Å². The Balaban J connectivity index is 1.54. The first-order chi connectivity index (χ1) is 17.3. The summed E-state index contributed by atoms with van der Waals surface area (Å²) in [6, 6.07) is 9.99. The van der Waals surface area contributed by atoms with Crippen LogP contribution in [0.1, 0.15) is 36.1 Å². The molecule has 0 bridgehead atoms. The van der Waals surface area contributed by atoms with Crippen molar-refractivity contribution in [2.75, 3.05) is 6.54 Å². The minimum Gasteiger partial charge on any atom is -0.507 e. The van der Waals surface area contributed by atoms with Gasteiger partial charge in [-0.05, 0) is 54.8 Å². The van der Waals surface area contributed by atoms with Gasteiger partial charge < -0.3 is 19.3 Å². The molecule has 0 aliphatic carbocycles. The molecule has 2 aliphatic rings. The van der Waals surface area contributed by atoms with Crippen LogP contribution in [0.3, 0.4) is 0 Å². The third-order valence-electron chi connectivity index (χ3n) is 6.50. The smallest absolute Gasteiger partial charge is 0.295 e. The van der Waals surface area contributed by atoms with Crippen molar-refractivity contribution in [3.8, 4) is 5.75 Å². The van der Waals surface area contributed by atoms with Crippen molar-refractivity contribution in [1.29, 1.82) is 0 Å². The van der Waals surface area contributed by atoms with E-state index >= 15 is 0 Å². The number of aliphatic hydroxyl groups is 1. The summed E-state index contributed by atoms with van der Waals surface area (Å²) in [7, 11) is 0. The summed E-state index contributed by atoms with van der Waals surface area (Å²) in [6.07, 6.45) is 6.36. The lowest BCUT2D eigenvalue weighted by molar-refractivity contribution is -0.384. The van der Waals surface area contributed by atoms with E-state index in [0.717, 1.165) is 11.3 Å². The second-order valence-corrected chi connectivity index (χ2v) is 8.95. The Bertz CT molecular complexity index is 1360. The highest BCUT2D eigenvalue weighted by Gasteiger charge is 2.46. The summed E-state index contributed by atoms with van der Waals surface area (Å²) in [4.78, 5) is 42.4. The molecule has 2 aliphatic heterocycles. The number of nitro groups is 1. The minimum atomic E-state index is -0.878. The number of amides is 1. The molecule has 36 heavy (non-hydrogen) atoms. The zero-order chi connectivity index (χ0) is 25.4. The van der Waals surface area contributed by atoms with Gasteiger partial charge in [-0.3, -0.25) is 19.7 Å². The molecule has 0 unspecified atom stereocenters. The Morgan fingerprint density at radius 2 is 1.97 bits per heavy atom. The molecule has 2 atom stereocenters. The molecule has 10 nitrogen and oxygen atoms in total. The molecular formula is C26H24N4O6. The highest BCUT2D eigenvalue weighted by Crippen LogP contribution is 2.41. The van der Waals surface area contributed by atoms with E-state index in [1.807, 2.05) is 11.5 Å². The minimum absolute atomic E-state index is 0.0126. The first kappa shape index (κ1) is 23.3. The third-order valence-corrected chi connectivity index (χ3v) is 6.50. The molecule has 3 heterocycles. The van der Waals surface area contributed by atoms with Gasteiger partial charge in [0.1, 0.15) is 17.6 Å². The van der Waals surface area contributed by atoms with E-state index in [2.05, 4.69) is 4.98 Å². The Morgan fingerprint density at radius 1 is 1.19 bits per heavy atom. The van der Waals surface area contributed by atoms with Gasteiger partial charge in [0.2, 0.25) is 0 Å². The quantitative estimate of drug-likeness (QED) is 0.177. The number of likely N-dealkylation sites (tertiary alicyclic amines) is 1. The molecular weight excluding hydrogens is 464 g/mol. The van der Waals surface area contributed by atoms with Crippen LogP contribution in [-0.4, -0.2) is 48.8 Å². The van der Waals surface area contributed by atoms with Crippen LogP contribution >= 0.6 is 0 Å². The van der Waals surface area contributed by atoms with Gasteiger partial charge in [-0.15, -0.1) is 0 Å². The maximum absolute atomic E-state index is 13.2. The second kappa shape index (κ2) is 9.29. The summed E-state index contributed by atoms with van der Waals surface area (Å²) in [5.41, 5.74) is 1.68. The molecule has 1 N–H and O–H groups in total. The number of hydrogen-bond donors (Lipinski definition) is 1. The van der Waals surface area contributed by atoms with Crippen LogP contribution in [-0.2, 0) is 22.6 Å². The Hall–Kier alpha value is -4.47.